The van der Waals surface area contributed by atoms with Crippen molar-refractivity contribution in [3.63, 3.8) is 0 Å². The van der Waals surface area contributed by atoms with Gasteiger partial charge in [0, 0.05) is 0 Å². The van der Waals surface area contributed by atoms with Gasteiger partial charge in [-0.1, -0.05) is 30.3 Å². The molecule has 112 valence electrons. The molecule has 0 fully saturated rings. The average molecular weight is 284 g/mol. The second-order valence-corrected chi connectivity index (χ2v) is 5.62. The summed E-state index contributed by atoms with van der Waals surface area (Å²) in [4.78, 5) is 0. The van der Waals surface area contributed by atoms with Gasteiger partial charge >= 0.3 is 0 Å². The lowest BCUT2D eigenvalue weighted by atomic mass is 9.93. The number of ether oxygens (including phenoxy) is 1. The van der Waals surface area contributed by atoms with Crippen LogP contribution in [0.25, 0.3) is 0 Å². The van der Waals surface area contributed by atoms with Gasteiger partial charge in [-0.15, -0.1) is 0 Å². The Kier molecular flexibility index (Phi) is 4.99. The van der Waals surface area contributed by atoms with E-state index in [1.54, 1.807) is 0 Å². The van der Waals surface area contributed by atoms with Crippen molar-refractivity contribution in [1.29, 1.82) is 0 Å². The van der Waals surface area contributed by atoms with Crippen LogP contribution in [-0.4, -0.2) is 6.10 Å². The molecule has 0 aromatic heterocycles. The van der Waals surface area contributed by atoms with Crippen LogP contribution in [-0.2, 0) is 0 Å². The van der Waals surface area contributed by atoms with Gasteiger partial charge in [0.2, 0.25) is 0 Å². The summed E-state index contributed by atoms with van der Waals surface area (Å²) in [5, 5.41) is 0. The Balaban J connectivity index is 2.31. The standard InChI is InChI=1S/C18H24N2O/c1-12(2)21-16-10-8-15(9-11-16)18(20-19)17-7-5-6-13(3)14(17)4/h5-12,18,20H,19H2,1-4H3. The highest BCUT2D eigenvalue weighted by Crippen LogP contribution is 2.27. The largest absolute Gasteiger partial charge is 0.491 e. The first kappa shape index (κ1) is 15.5. The van der Waals surface area contributed by atoms with Crippen LogP contribution >= 0.6 is 0 Å². The van der Waals surface area contributed by atoms with Gasteiger partial charge in [0.15, 0.2) is 0 Å². The van der Waals surface area contributed by atoms with Gasteiger partial charge in [-0.25, -0.2) is 5.43 Å². The summed E-state index contributed by atoms with van der Waals surface area (Å²) in [6.07, 6.45) is 0.179. The molecular formula is C18H24N2O. The van der Waals surface area contributed by atoms with E-state index < -0.39 is 0 Å². The number of hydrazine groups is 1. The van der Waals surface area contributed by atoms with Crippen molar-refractivity contribution in [3.05, 3.63) is 64.7 Å². The van der Waals surface area contributed by atoms with Gasteiger partial charge in [-0.05, 0) is 62.1 Å². The molecule has 0 heterocycles. The van der Waals surface area contributed by atoms with Crippen molar-refractivity contribution in [2.45, 2.75) is 39.8 Å². The predicted octanol–water partition coefficient (Wildman–Crippen LogP) is 3.64. The second-order valence-electron chi connectivity index (χ2n) is 5.62. The van der Waals surface area contributed by atoms with E-state index in [-0.39, 0.29) is 12.1 Å². The normalized spacial score (nSPS) is 12.5. The zero-order valence-corrected chi connectivity index (χ0v) is 13.2. The van der Waals surface area contributed by atoms with Crippen molar-refractivity contribution < 1.29 is 4.74 Å². The van der Waals surface area contributed by atoms with Crippen molar-refractivity contribution in [2.24, 2.45) is 5.84 Å². The first-order chi connectivity index (χ1) is 10.0. The van der Waals surface area contributed by atoms with E-state index in [1.807, 2.05) is 26.0 Å². The summed E-state index contributed by atoms with van der Waals surface area (Å²) in [5.41, 5.74) is 7.79. The Morgan fingerprint density at radius 3 is 2.24 bits per heavy atom. The molecule has 0 aliphatic carbocycles. The maximum absolute atomic E-state index is 5.79. The summed E-state index contributed by atoms with van der Waals surface area (Å²) >= 11 is 0. The predicted molar refractivity (Wildman–Crippen MR) is 87.3 cm³/mol. The van der Waals surface area contributed by atoms with Crippen molar-refractivity contribution in [2.75, 3.05) is 0 Å². The number of nitrogens with one attached hydrogen (secondary N) is 1. The number of aryl methyl sites for hydroxylation is 1. The third-order valence-corrected chi connectivity index (χ3v) is 3.71. The van der Waals surface area contributed by atoms with Crippen LogP contribution in [0.5, 0.6) is 5.75 Å². The van der Waals surface area contributed by atoms with Crippen LogP contribution in [0.15, 0.2) is 42.5 Å². The number of benzene rings is 2. The lowest BCUT2D eigenvalue weighted by Crippen LogP contribution is -2.29. The Morgan fingerprint density at radius 2 is 1.67 bits per heavy atom. The number of hydrogen-bond donors (Lipinski definition) is 2. The summed E-state index contributed by atoms with van der Waals surface area (Å²) in [6, 6.07) is 14.4. The molecule has 0 aliphatic heterocycles. The molecular weight excluding hydrogens is 260 g/mol. The second kappa shape index (κ2) is 6.74. The number of hydrogen-bond acceptors (Lipinski definition) is 3. The van der Waals surface area contributed by atoms with Gasteiger partial charge in [0.1, 0.15) is 5.75 Å². The van der Waals surface area contributed by atoms with Crippen molar-refractivity contribution >= 4 is 0 Å². The molecule has 1 unspecified atom stereocenters. The molecule has 3 N–H and O–H groups in total. The summed E-state index contributed by atoms with van der Waals surface area (Å²) in [5.74, 6) is 6.67. The highest BCUT2D eigenvalue weighted by Gasteiger charge is 2.15. The Bertz CT molecular complexity index is 591. The fraction of sp³-hybridized carbons (Fsp3) is 0.333. The Hall–Kier alpha value is -1.84. The van der Waals surface area contributed by atoms with E-state index in [4.69, 9.17) is 10.6 Å². The van der Waals surface area contributed by atoms with Crippen LogP contribution in [0.1, 0.15) is 42.1 Å². The molecule has 0 saturated heterocycles. The zero-order chi connectivity index (χ0) is 15.4. The van der Waals surface area contributed by atoms with E-state index in [2.05, 4.69) is 49.6 Å². The first-order valence-corrected chi connectivity index (χ1v) is 7.31. The summed E-state index contributed by atoms with van der Waals surface area (Å²) in [7, 11) is 0. The van der Waals surface area contributed by atoms with Gasteiger partial charge in [-0.3, -0.25) is 5.84 Å². The molecule has 0 spiro atoms. The average Bonchev–Trinajstić information content (AvgIpc) is 2.45. The lowest BCUT2D eigenvalue weighted by Gasteiger charge is -2.20. The maximum atomic E-state index is 5.79. The van der Waals surface area contributed by atoms with Crippen LogP contribution in [0.3, 0.4) is 0 Å². The van der Waals surface area contributed by atoms with Crippen LogP contribution in [0, 0.1) is 13.8 Å². The third-order valence-electron chi connectivity index (χ3n) is 3.71. The summed E-state index contributed by atoms with van der Waals surface area (Å²) < 4.78 is 5.68. The van der Waals surface area contributed by atoms with E-state index >= 15 is 0 Å². The fourth-order valence-electron chi connectivity index (χ4n) is 2.46. The molecule has 0 amide bonds. The highest BCUT2D eigenvalue weighted by molar-refractivity contribution is 5.41. The van der Waals surface area contributed by atoms with Gasteiger partial charge in [0.25, 0.3) is 0 Å². The molecule has 1 atom stereocenters. The van der Waals surface area contributed by atoms with Crippen molar-refractivity contribution in [3.8, 4) is 5.75 Å². The smallest absolute Gasteiger partial charge is 0.119 e. The Morgan fingerprint density at radius 1 is 1.00 bits per heavy atom. The molecule has 3 nitrogen and oxygen atoms in total. The number of rotatable bonds is 5. The van der Waals surface area contributed by atoms with Crippen LogP contribution < -0.4 is 16.0 Å². The number of nitrogens with two attached hydrogens (primary N) is 1. The molecule has 0 saturated carbocycles. The van der Waals surface area contributed by atoms with E-state index in [0.717, 1.165) is 11.3 Å². The molecule has 2 rings (SSSR count). The minimum Gasteiger partial charge on any atom is -0.491 e. The summed E-state index contributed by atoms with van der Waals surface area (Å²) in [6.45, 7) is 8.29. The van der Waals surface area contributed by atoms with Crippen molar-refractivity contribution in [1.82, 2.24) is 5.43 Å². The quantitative estimate of drug-likeness (QED) is 0.651. The van der Waals surface area contributed by atoms with E-state index in [0.29, 0.717) is 0 Å². The monoisotopic (exact) mass is 284 g/mol. The molecule has 3 heteroatoms. The highest BCUT2D eigenvalue weighted by atomic mass is 16.5. The minimum atomic E-state index is -0.0157. The maximum Gasteiger partial charge on any atom is 0.119 e. The van der Waals surface area contributed by atoms with E-state index in [9.17, 15) is 0 Å². The van der Waals surface area contributed by atoms with Gasteiger partial charge < -0.3 is 4.74 Å². The Labute approximate surface area is 127 Å². The zero-order valence-electron chi connectivity index (χ0n) is 13.2. The SMILES string of the molecule is Cc1cccc(C(NN)c2ccc(OC(C)C)cc2)c1C. The topological polar surface area (TPSA) is 47.3 Å². The minimum absolute atomic E-state index is 0.0157. The van der Waals surface area contributed by atoms with Crippen LogP contribution in [0.4, 0.5) is 0 Å². The molecule has 2 aromatic rings. The third kappa shape index (κ3) is 3.63. The van der Waals surface area contributed by atoms with Gasteiger partial charge in [-0.2, -0.15) is 0 Å². The molecule has 0 bridgehead atoms. The first-order valence-electron chi connectivity index (χ1n) is 7.31. The fourth-order valence-corrected chi connectivity index (χ4v) is 2.46. The molecule has 0 aliphatic rings. The molecule has 21 heavy (non-hydrogen) atoms. The van der Waals surface area contributed by atoms with Crippen LogP contribution in [0.2, 0.25) is 0 Å². The van der Waals surface area contributed by atoms with E-state index in [1.165, 1.54) is 16.7 Å². The molecule has 2 aromatic carbocycles. The van der Waals surface area contributed by atoms with Gasteiger partial charge in [0.05, 0.1) is 12.1 Å². The molecule has 0 radical (unpaired) electrons. The lowest BCUT2D eigenvalue weighted by molar-refractivity contribution is 0.242.